The molecule has 1 unspecified atom stereocenters. The zero-order chi connectivity index (χ0) is 14.4. The number of hydrogen-bond acceptors (Lipinski definition) is 4. The molecule has 19 heavy (non-hydrogen) atoms. The third kappa shape index (κ3) is 5.10. The molecule has 0 fully saturated rings. The van der Waals surface area contributed by atoms with E-state index in [-0.39, 0.29) is 12.1 Å². The van der Waals surface area contributed by atoms with Gasteiger partial charge in [-0.2, -0.15) is 5.10 Å². The van der Waals surface area contributed by atoms with Gasteiger partial charge in [0.1, 0.15) is 0 Å². The zero-order valence-electron chi connectivity index (χ0n) is 12.5. The highest BCUT2D eigenvalue weighted by atomic mass is 35.5. The maximum atomic E-state index is 6.26. The number of aromatic nitrogens is 2. The van der Waals surface area contributed by atoms with Gasteiger partial charge in [0.15, 0.2) is 0 Å². The molecule has 0 saturated heterocycles. The Kier molecular flexibility index (Phi) is 6.79. The van der Waals surface area contributed by atoms with Crippen molar-refractivity contribution in [2.24, 2.45) is 0 Å². The lowest BCUT2D eigenvalue weighted by Crippen LogP contribution is -2.28. The predicted molar refractivity (Wildman–Crippen MR) is 78.7 cm³/mol. The normalized spacial score (nSPS) is 13.5. The summed E-state index contributed by atoms with van der Waals surface area (Å²) >= 11 is 6.26. The van der Waals surface area contributed by atoms with Crippen molar-refractivity contribution in [3.05, 3.63) is 16.9 Å². The van der Waals surface area contributed by atoms with Gasteiger partial charge in [0, 0.05) is 6.54 Å². The van der Waals surface area contributed by atoms with Gasteiger partial charge in [0.05, 0.1) is 42.2 Å². The van der Waals surface area contributed by atoms with Crippen LogP contribution in [0.5, 0.6) is 0 Å². The number of nitrogens with one attached hydrogen (secondary N) is 1. The van der Waals surface area contributed by atoms with E-state index in [4.69, 9.17) is 16.3 Å². The average Bonchev–Trinajstić information content (AvgIpc) is 2.69. The summed E-state index contributed by atoms with van der Waals surface area (Å²) in [6.45, 7) is 6.37. The second-order valence-corrected chi connectivity index (χ2v) is 5.53. The Morgan fingerprint density at radius 3 is 2.68 bits per heavy atom. The van der Waals surface area contributed by atoms with E-state index < -0.39 is 0 Å². The molecule has 0 radical (unpaired) electrons. The number of halogens is 1. The van der Waals surface area contributed by atoms with Crippen LogP contribution < -0.4 is 5.32 Å². The van der Waals surface area contributed by atoms with Gasteiger partial charge in [0.2, 0.25) is 0 Å². The number of likely N-dealkylation sites (N-methyl/N-ethyl adjacent to an activating group) is 2. The molecule has 0 amide bonds. The lowest BCUT2D eigenvalue weighted by molar-refractivity contribution is 0.0608. The van der Waals surface area contributed by atoms with Crippen molar-refractivity contribution >= 4 is 11.6 Å². The van der Waals surface area contributed by atoms with Gasteiger partial charge in [-0.1, -0.05) is 11.6 Å². The summed E-state index contributed by atoms with van der Waals surface area (Å²) in [5, 5.41) is 8.28. The van der Waals surface area contributed by atoms with Crippen molar-refractivity contribution in [1.29, 1.82) is 0 Å². The van der Waals surface area contributed by atoms with E-state index in [0.29, 0.717) is 11.6 Å². The van der Waals surface area contributed by atoms with Gasteiger partial charge >= 0.3 is 0 Å². The minimum atomic E-state index is 0.0552. The molecule has 0 aliphatic heterocycles. The van der Waals surface area contributed by atoms with Crippen LogP contribution in [0.2, 0.25) is 5.02 Å². The van der Waals surface area contributed by atoms with Gasteiger partial charge < -0.3 is 15.0 Å². The molecule has 110 valence electrons. The van der Waals surface area contributed by atoms with E-state index in [1.165, 1.54) is 0 Å². The highest BCUT2D eigenvalue weighted by molar-refractivity contribution is 6.31. The molecule has 0 aromatic carbocycles. The monoisotopic (exact) mass is 288 g/mol. The largest absolute Gasteiger partial charge is 0.377 e. The Morgan fingerprint density at radius 2 is 2.16 bits per heavy atom. The topological polar surface area (TPSA) is 42.3 Å². The van der Waals surface area contributed by atoms with Crippen LogP contribution in [0.3, 0.4) is 0 Å². The number of nitrogens with zero attached hydrogens (tertiary/aromatic N) is 3. The first-order valence-corrected chi connectivity index (χ1v) is 6.98. The van der Waals surface area contributed by atoms with Crippen LogP contribution in [-0.4, -0.2) is 55.1 Å². The molecule has 0 aliphatic carbocycles. The van der Waals surface area contributed by atoms with Crippen molar-refractivity contribution in [2.45, 2.75) is 32.5 Å². The molecule has 1 heterocycles. The molecule has 1 atom stereocenters. The molecule has 0 aliphatic rings. The van der Waals surface area contributed by atoms with E-state index in [9.17, 15) is 0 Å². The Labute approximate surface area is 120 Å². The maximum Gasteiger partial charge on any atom is 0.0835 e. The van der Waals surface area contributed by atoms with Crippen molar-refractivity contribution < 1.29 is 4.74 Å². The highest BCUT2D eigenvalue weighted by Gasteiger charge is 2.19. The molecule has 1 rings (SSSR count). The van der Waals surface area contributed by atoms with Crippen LogP contribution >= 0.6 is 11.6 Å². The van der Waals surface area contributed by atoms with E-state index in [2.05, 4.69) is 15.3 Å². The summed E-state index contributed by atoms with van der Waals surface area (Å²) in [5.74, 6) is 0. The van der Waals surface area contributed by atoms with Gasteiger partial charge in [-0.3, -0.25) is 4.68 Å². The summed E-state index contributed by atoms with van der Waals surface area (Å²) in [7, 11) is 6.00. The van der Waals surface area contributed by atoms with Crippen molar-refractivity contribution in [3.63, 3.8) is 0 Å². The summed E-state index contributed by atoms with van der Waals surface area (Å²) in [6.07, 6.45) is 1.90. The highest BCUT2D eigenvalue weighted by Crippen LogP contribution is 2.23. The number of hydrogen-bond donors (Lipinski definition) is 1. The minimum absolute atomic E-state index is 0.0552. The fraction of sp³-hybridized carbons (Fsp3) is 0.769. The molecule has 1 N–H and O–H groups in total. The van der Waals surface area contributed by atoms with Crippen LogP contribution in [-0.2, 0) is 11.3 Å². The molecular formula is C13H25ClN4O. The first-order chi connectivity index (χ1) is 8.95. The molecular weight excluding hydrogens is 264 g/mol. The van der Waals surface area contributed by atoms with E-state index >= 15 is 0 Å². The average molecular weight is 289 g/mol. The van der Waals surface area contributed by atoms with Crippen molar-refractivity contribution in [1.82, 2.24) is 20.0 Å². The molecule has 6 heteroatoms. The Bertz CT molecular complexity index is 379. The second-order valence-electron chi connectivity index (χ2n) is 5.13. The van der Waals surface area contributed by atoms with E-state index in [1.807, 2.05) is 39.7 Å². The molecule has 5 nitrogen and oxygen atoms in total. The fourth-order valence-corrected chi connectivity index (χ4v) is 2.05. The van der Waals surface area contributed by atoms with E-state index in [1.54, 1.807) is 6.20 Å². The van der Waals surface area contributed by atoms with E-state index in [0.717, 1.165) is 18.8 Å². The summed E-state index contributed by atoms with van der Waals surface area (Å²) in [5.41, 5.74) is 0.992. The molecule has 0 bridgehead atoms. The standard InChI is InChI=1S/C13H25ClN4O/c1-10(2)19-9-12(15-3)13-11(14)8-16-18(13)7-6-17(4)5/h8,10,12,15H,6-7,9H2,1-5H3. The van der Waals surface area contributed by atoms with Gasteiger partial charge in [-0.25, -0.2) is 0 Å². The smallest absolute Gasteiger partial charge is 0.0835 e. The first kappa shape index (κ1) is 16.4. The molecule has 1 aromatic heterocycles. The van der Waals surface area contributed by atoms with Crippen molar-refractivity contribution in [3.8, 4) is 0 Å². The fourth-order valence-electron chi connectivity index (χ4n) is 1.78. The van der Waals surface area contributed by atoms with Gasteiger partial charge in [-0.05, 0) is 35.0 Å². The predicted octanol–water partition coefficient (Wildman–Crippen LogP) is 1.78. The molecule has 1 aromatic rings. The van der Waals surface area contributed by atoms with Crippen LogP contribution in [0.25, 0.3) is 0 Å². The first-order valence-electron chi connectivity index (χ1n) is 6.60. The maximum absolute atomic E-state index is 6.26. The Morgan fingerprint density at radius 1 is 1.47 bits per heavy atom. The molecule has 0 spiro atoms. The second kappa shape index (κ2) is 7.85. The minimum Gasteiger partial charge on any atom is -0.377 e. The summed E-state index contributed by atoms with van der Waals surface area (Å²) in [6, 6.07) is 0.0552. The van der Waals surface area contributed by atoms with Crippen LogP contribution in [0.15, 0.2) is 6.20 Å². The summed E-state index contributed by atoms with van der Waals surface area (Å²) < 4.78 is 7.63. The SMILES string of the molecule is CNC(COC(C)C)c1c(Cl)cnn1CCN(C)C. The van der Waals surface area contributed by atoms with Crippen LogP contribution in [0.4, 0.5) is 0 Å². The number of ether oxygens (including phenoxy) is 1. The zero-order valence-corrected chi connectivity index (χ0v) is 13.2. The number of rotatable bonds is 8. The third-order valence-corrected chi connectivity index (χ3v) is 3.16. The quantitative estimate of drug-likeness (QED) is 0.792. The lowest BCUT2D eigenvalue weighted by Gasteiger charge is -2.21. The van der Waals surface area contributed by atoms with Gasteiger partial charge in [-0.15, -0.1) is 0 Å². The molecule has 0 saturated carbocycles. The van der Waals surface area contributed by atoms with Crippen LogP contribution in [0.1, 0.15) is 25.6 Å². The Hall–Kier alpha value is -0.620. The van der Waals surface area contributed by atoms with Crippen molar-refractivity contribution in [2.75, 3.05) is 34.3 Å². The Balaban J connectivity index is 2.80. The van der Waals surface area contributed by atoms with Gasteiger partial charge in [0.25, 0.3) is 0 Å². The lowest BCUT2D eigenvalue weighted by atomic mass is 10.2. The van der Waals surface area contributed by atoms with Crippen LogP contribution in [0, 0.1) is 0 Å². The third-order valence-electron chi connectivity index (χ3n) is 2.87. The summed E-state index contributed by atoms with van der Waals surface area (Å²) in [4.78, 5) is 2.12.